The monoisotopic (exact) mass is 735 g/mol. The maximum Gasteiger partial charge on any atom is 0.308 e. The van der Waals surface area contributed by atoms with E-state index in [0.29, 0.717) is 32.5 Å². The van der Waals surface area contributed by atoms with Crippen molar-refractivity contribution >= 4 is 17.8 Å². The van der Waals surface area contributed by atoms with Crippen molar-refractivity contribution in [3.8, 4) is 0 Å². The number of carbonyl (C=O) groups excluding carboxylic acids is 3. The zero-order valence-electron chi connectivity index (χ0n) is 35.2. The lowest BCUT2D eigenvalue weighted by Crippen LogP contribution is -2.39. The van der Waals surface area contributed by atoms with Crippen molar-refractivity contribution < 1.29 is 23.9 Å². The standard InChI is InChI=1S/C45H86N2O5/c1-6-10-13-16-18-19-20-21-22-23-24-25-26-28-31-34-44(49)51-40-38-47(43(48)35-37-46(5)36-9-4)39-41-52-45(50)42(32-29-15-12-8-3)33-30-27-17-14-11-7-2/h21-22,42H,6-20,23-41H2,1-5H3/b22-21-. The van der Waals surface area contributed by atoms with Crippen LogP contribution in [0.5, 0.6) is 0 Å². The summed E-state index contributed by atoms with van der Waals surface area (Å²) in [6.45, 7) is 11.5. The average Bonchev–Trinajstić information content (AvgIpc) is 3.13. The zero-order chi connectivity index (χ0) is 38.3. The third kappa shape index (κ3) is 32.7. The molecule has 0 N–H and O–H groups in total. The van der Waals surface area contributed by atoms with Gasteiger partial charge in [-0.05, 0) is 65.0 Å². The highest BCUT2D eigenvalue weighted by Crippen LogP contribution is 2.20. The molecule has 0 aromatic heterocycles. The molecule has 1 unspecified atom stereocenters. The fourth-order valence-corrected chi connectivity index (χ4v) is 6.72. The third-order valence-electron chi connectivity index (χ3n) is 10.2. The molecular weight excluding hydrogens is 649 g/mol. The summed E-state index contributed by atoms with van der Waals surface area (Å²) in [6, 6.07) is 0. The molecule has 0 heterocycles. The number of carbonyl (C=O) groups is 3. The number of esters is 2. The van der Waals surface area contributed by atoms with Gasteiger partial charge in [-0.25, -0.2) is 0 Å². The number of hydrogen-bond acceptors (Lipinski definition) is 6. The van der Waals surface area contributed by atoms with Gasteiger partial charge in [0.05, 0.1) is 19.0 Å². The molecule has 0 saturated carbocycles. The van der Waals surface area contributed by atoms with E-state index in [-0.39, 0.29) is 37.0 Å². The first kappa shape index (κ1) is 50.1. The molecule has 0 aliphatic rings. The minimum Gasteiger partial charge on any atom is -0.464 e. The van der Waals surface area contributed by atoms with Crippen LogP contribution in [0.2, 0.25) is 0 Å². The lowest BCUT2D eigenvalue weighted by molar-refractivity contribution is -0.151. The molecule has 0 aromatic carbocycles. The molecule has 0 saturated heterocycles. The predicted octanol–water partition coefficient (Wildman–Crippen LogP) is 12.0. The number of hydrogen-bond donors (Lipinski definition) is 0. The van der Waals surface area contributed by atoms with Gasteiger partial charge in [0.25, 0.3) is 0 Å². The number of unbranched alkanes of at least 4 members (excludes halogenated alkanes) is 19. The largest absolute Gasteiger partial charge is 0.464 e. The van der Waals surface area contributed by atoms with E-state index >= 15 is 0 Å². The van der Waals surface area contributed by atoms with Crippen molar-refractivity contribution in [1.82, 2.24) is 9.80 Å². The van der Waals surface area contributed by atoms with Crippen molar-refractivity contribution in [3.63, 3.8) is 0 Å². The van der Waals surface area contributed by atoms with Crippen molar-refractivity contribution in [1.29, 1.82) is 0 Å². The summed E-state index contributed by atoms with van der Waals surface area (Å²) in [6.07, 6.45) is 36.1. The summed E-state index contributed by atoms with van der Waals surface area (Å²) < 4.78 is 11.4. The topological polar surface area (TPSA) is 76.1 Å². The molecule has 0 radical (unpaired) electrons. The van der Waals surface area contributed by atoms with E-state index < -0.39 is 0 Å². The summed E-state index contributed by atoms with van der Waals surface area (Å²) in [5.74, 6) is -0.367. The number of nitrogens with zero attached hydrogens (tertiary/aromatic N) is 2. The molecule has 7 nitrogen and oxygen atoms in total. The molecule has 1 amide bonds. The van der Waals surface area contributed by atoms with Crippen molar-refractivity contribution in [2.45, 2.75) is 207 Å². The van der Waals surface area contributed by atoms with Crippen LogP contribution >= 0.6 is 0 Å². The zero-order valence-corrected chi connectivity index (χ0v) is 35.2. The SMILES string of the molecule is CCCCCCCC/C=C\CCCCCCCC(=O)OCCN(CCOC(=O)C(CCCCCC)CCCCCCCC)C(=O)CCN(C)CCC. The van der Waals surface area contributed by atoms with Gasteiger partial charge >= 0.3 is 11.9 Å². The van der Waals surface area contributed by atoms with E-state index in [9.17, 15) is 14.4 Å². The molecule has 7 heteroatoms. The van der Waals surface area contributed by atoms with Gasteiger partial charge in [0, 0.05) is 19.4 Å². The lowest BCUT2D eigenvalue weighted by Gasteiger charge is -2.24. The smallest absolute Gasteiger partial charge is 0.308 e. The Balaban J connectivity index is 4.59. The number of amides is 1. The maximum atomic E-state index is 13.2. The second-order valence-corrected chi connectivity index (χ2v) is 15.3. The molecule has 0 aliphatic carbocycles. The van der Waals surface area contributed by atoms with Crippen molar-refractivity contribution in [2.75, 3.05) is 46.4 Å². The Morgan fingerprint density at radius 2 is 0.962 bits per heavy atom. The van der Waals surface area contributed by atoms with Crippen LogP contribution in [0.1, 0.15) is 207 Å². The van der Waals surface area contributed by atoms with Crippen molar-refractivity contribution in [3.05, 3.63) is 12.2 Å². The van der Waals surface area contributed by atoms with Crippen LogP contribution in [0.15, 0.2) is 12.2 Å². The van der Waals surface area contributed by atoms with E-state index in [1.165, 1.54) is 103 Å². The highest BCUT2D eigenvalue weighted by atomic mass is 16.5. The predicted molar refractivity (Wildman–Crippen MR) is 221 cm³/mol. The van der Waals surface area contributed by atoms with Gasteiger partial charge in [-0.2, -0.15) is 0 Å². The molecule has 0 bridgehead atoms. The van der Waals surface area contributed by atoms with Gasteiger partial charge < -0.3 is 19.3 Å². The second kappa shape index (κ2) is 38.8. The van der Waals surface area contributed by atoms with Gasteiger partial charge in [0.2, 0.25) is 5.91 Å². The van der Waals surface area contributed by atoms with E-state index in [2.05, 4.69) is 44.7 Å². The third-order valence-corrected chi connectivity index (χ3v) is 10.2. The van der Waals surface area contributed by atoms with Crippen LogP contribution in [0.4, 0.5) is 0 Å². The summed E-state index contributed by atoms with van der Waals surface area (Å²) in [5.41, 5.74) is 0. The molecule has 1 atom stereocenters. The minimum absolute atomic E-state index is 0.00972. The Bertz CT molecular complexity index is 848. The quantitative estimate of drug-likeness (QED) is 0.0355. The van der Waals surface area contributed by atoms with Crippen LogP contribution in [0, 0.1) is 5.92 Å². The van der Waals surface area contributed by atoms with Gasteiger partial charge in [-0.15, -0.1) is 0 Å². The van der Waals surface area contributed by atoms with Crippen LogP contribution in [0.3, 0.4) is 0 Å². The minimum atomic E-state index is -0.195. The summed E-state index contributed by atoms with van der Waals surface area (Å²) in [5, 5.41) is 0. The first-order chi connectivity index (χ1) is 25.4. The van der Waals surface area contributed by atoms with Crippen LogP contribution in [0.25, 0.3) is 0 Å². The Morgan fingerprint density at radius 3 is 1.50 bits per heavy atom. The molecule has 0 rings (SSSR count). The summed E-state index contributed by atoms with van der Waals surface area (Å²) >= 11 is 0. The van der Waals surface area contributed by atoms with Crippen molar-refractivity contribution in [2.24, 2.45) is 5.92 Å². The number of ether oxygens (including phenoxy) is 2. The van der Waals surface area contributed by atoms with E-state index in [4.69, 9.17) is 9.47 Å². The Labute approximate surface area is 322 Å². The van der Waals surface area contributed by atoms with E-state index in [1.807, 2.05) is 7.05 Å². The van der Waals surface area contributed by atoms with Gasteiger partial charge in [-0.3, -0.25) is 14.4 Å². The second-order valence-electron chi connectivity index (χ2n) is 15.3. The van der Waals surface area contributed by atoms with Gasteiger partial charge in [-0.1, -0.05) is 155 Å². The van der Waals surface area contributed by atoms with E-state index in [0.717, 1.165) is 70.8 Å². The number of allylic oxidation sites excluding steroid dienone is 2. The Kier molecular flexibility index (Phi) is 37.4. The fourth-order valence-electron chi connectivity index (χ4n) is 6.72. The highest BCUT2D eigenvalue weighted by molar-refractivity contribution is 5.76. The highest BCUT2D eigenvalue weighted by Gasteiger charge is 2.21. The Morgan fingerprint density at radius 1 is 0.500 bits per heavy atom. The molecule has 0 spiro atoms. The van der Waals surface area contributed by atoms with Crippen LogP contribution < -0.4 is 0 Å². The van der Waals surface area contributed by atoms with Crippen LogP contribution in [-0.2, 0) is 23.9 Å². The normalized spacial score (nSPS) is 12.1. The summed E-state index contributed by atoms with van der Waals surface area (Å²) in [7, 11) is 2.03. The Hall–Kier alpha value is -1.89. The molecule has 0 aliphatic heterocycles. The fraction of sp³-hybridized carbons (Fsp3) is 0.889. The molecule has 0 aromatic rings. The van der Waals surface area contributed by atoms with Gasteiger partial charge in [0.1, 0.15) is 13.2 Å². The lowest BCUT2D eigenvalue weighted by atomic mass is 9.94. The molecule has 0 fully saturated rings. The van der Waals surface area contributed by atoms with Crippen LogP contribution in [-0.4, -0.2) is 74.1 Å². The summed E-state index contributed by atoms with van der Waals surface area (Å²) in [4.78, 5) is 42.8. The first-order valence-electron chi connectivity index (χ1n) is 22.3. The molecular formula is C45H86N2O5. The van der Waals surface area contributed by atoms with E-state index in [1.54, 1.807) is 4.90 Å². The first-order valence-corrected chi connectivity index (χ1v) is 22.3. The number of rotatable bonds is 39. The molecule has 52 heavy (non-hydrogen) atoms. The maximum absolute atomic E-state index is 13.2. The molecule has 306 valence electrons. The van der Waals surface area contributed by atoms with Gasteiger partial charge in [0.15, 0.2) is 0 Å². The average molecular weight is 735 g/mol.